The Kier molecular flexibility index (Phi) is 8.84. The Balaban J connectivity index is 1.12. The third-order valence-corrected chi connectivity index (χ3v) is 12.4. The first-order valence-electron chi connectivity index (χ1n) is 21.5. The first-order valence-corrected chi connectivity index (χ1v) is 21.5. The third kappa shape index (κ3) is 6.10. The van der Waals surface area contributed by atoms with Crippen LogP contribution >= 0.6 is 0 Å². The van der Waals surface area contributed by atoms with Crippen molar-refractivity contribution in [3.63, 3.8) is 0 Å². The minimum Gasteiger partial charge on any atom is -0.344 e. The Hall–Kier alpha value is -8.79. The number of fused-ring (bicyclic) bond motifs is 6. The van der Waals surface area contributed by atoms with Gasteiger partial charge >= 0.3 is 0 Å². The normalized spacial score (nSPS) is 13.8. The van der Waals surface area contributed by atoms with Crippen LogP contribution in [0.5, 0.6) is 0 Å². The van der Waals surface area contributed by atoms with Gasteiger partial charge in [0, 0.05) is 43.9 Å². The van der Waals surface area contributed by atoms with E-state index < -0.39 is 6.17 Å². The van der Waals surface area contributed by atoms with Gasteiger partial charge in [-0.2, -0.15) is 5.26 Å². The minimum absolute atomic E-state index is 0.523. The number of benzene rings is 9. The monoisotopic (exact) mass is 818 g/mol. The van der Waals surface area contributed by atoms with E-state index in [0.717, 1.165) is 61.1 Å². The van der Waals surface area contributed by atoms with Crippen LogP contribution in [0.25, 0.3) is 77.2 Å². The smallest absolute Gasteiger partial charge is 0.159 e. The lowest BCUT2D eigenvalue weighted by Gasteiger charge is -2.26. The van der Waals surface area contributed by atoms with Crippen molar-refractivity contribution in [2.24, 2.45) is 9.98 Å². The van der Waals surface area contributed by atoms with Gasteiger partial charge in [0.05, 0.1) is 39.4 Å². The van der Waals surface area contributed by atoms with Crippen LogP contribution < -0.4 is 5.32 Å². The molecule has 12 rings (SSSR count). The lowest BCUT2D eigenvalue weighted by Crippen LogP contribution is -2.34. The van der Waals surface area contributed by atoms with Crippen LogP contribution in [-0.4, -0.2) is 20.8 Å². The van der Waals surface area contributed by atoms with E-state index in [1.807, 2.05) is 42.5 Å². The molecule has 0 saturated heterocycles. The van der Waals surface area contributed by atoms with Crippen LogP contribution in [0.15, 0.2) is 228 Å². The molecule has 11 aromatic rings. The molecule has 64 heavy (non-hydrogen) atoms. The van der Waals surface area contributed by atoms with Crippen LogP contribution in [0.3, 0.4) is 0 Å². The molecule has 0 radical (unpaired) electrons. The van der Waals surface area contributed by atoms with Crippen molar-refractivity contribution >= 4 is 55.3 Å². The molecule has 6 nitrogen and oxygen atoms in total. The van der Waals surface area contributed by atoms with E-state index in [0.29, 0.717) is 17.2 Å². The molecule has 9 aromatic carbocycles. The fraction of sp³-hybridized carbons (Fsp3) is 0.0172. The van der Waals surface area contributed by atoms with E-state index in [-0.39, 0.29) is 0 Å². The van der Waals surface area contributed by atoms with E-state index in [4.69, 9.17) is 9.98 Å². The van der Waals surface area contributed by atoms with Gasteiger partial charge in [0.15, 0.2) is 5.84 Å². The van der Waals surface area contributed by atoms with Crippen molar-refractivity contribution < 1.29 is 0 Å². The summed E-state index contributed by atoms with van der Waals surface area (Å²) in [6.07, 6.45) is -0.523. The molecule has 2 aromatic heterocycles. The zero-order valence-electron chi connectivity index (χ0n) is 34.6. The molecule has 300 valence electrons. The quantitative estimate of drug-likeness (QED) is 0.174. The maximum absolute atomic E-state index is 9.85. The molecule has 1 atom stereocenters. The van der Waals surface area contributed by atoms with Crippen molar-refractivity contribution in [2.45, 2.75) is 6.17 Å². The number of amidine groups is 2. The summed E-state index contributed by atoms with van der Waals surface area (Å²) in [7, 11) is 0. The molecule has 0 saturated carbocycles. The van der Waals surface area contributed by atoms with Gasteiger partial charge in [0.25, 0.3) is 0 Å². The summed E-state index contributed by atoms with van der Waals surface area (Å²) < 4.78 is 4.80. The molecule has 0 amide bonds. The number of hydrogen-bond acceptors (Lipinski definition) is 4. The molecule has 3 heterocycles. The van der Waals surface area contributed by atoms with Gasteiger partial charge in [-0.25, -0.2) is 9.98 Å². The van der Waals surface area contributed by atoms with Gasteiger partial charge in [-0.05, 0) is 76.9 Å². The van der Waals surface area contributed by atoms with Crippen molar-refractivity contribution in [1.29, 1.82) is 5.26 Å². The number of nitriles is 1. The van der Waals surface area contributed by atoms with E-state index in [1.165, 1.54) is 32.8 Å². The average Bonchev–Trinajstić information content (AvgIpc) is 3.90. The molecule has 0 bridgehead atoms. The van der Waals surface area contributed by atoms with Gasteiger partial charge in [-0.15, -0.1) is 0 Å². The second-order valence-corrected chi connectivity index (χ2v) is 16.1. The molecule has 6 heteroatoms. The maximum Gasteiger partial charge on any atom is 0.159 e. The van der Waals surface area contributed by atoms with E-state index in [1.54, 1.807) is 0 Å². The summed E-state index contributed by atoms with van der Waals surface area (Å²) in [6, 6.07) is 78.8. The number of rotatable bonds is 7. The highest BCUT2D eigenvalue weighted by Crippen LogP contribution is 2.45. The van der Waals surface area contributed by atoms with Gasteiger partial charge < -0.3 is 14.5 Å². The Morgan fingerprint density at radius 3 is 1.67 bits per heavy atom. The highest BCUT2D eigenvalue weighted by atomic mass is 15.2. The molecular weight excluding hydrogens is 781 g/mol. The third-order valence-electron chi connectivity index (χ3n) is 12.4. The highest BCUT2D eigenvalue weighted by molar-refractivity contribution is 6.22. The summed E-state index contributed by atoms with van der Waals surface area (Å²) in [5.74, 6) is 1.27. The van der Waals surface area contributed by atoms with Gasteiger partial charge in [0.2, 0.25) is 0 Å². The number of hydrogen-bond donors (Lipinski definition) is 1. The predicted octanol–water partition coefficient (Wildman–Crippen LogP) is 13.6. The fourth-order valence-electron chi connectivity index (χ4n) is 9.59. The van der Waals surface area contributed by atoms with E-state index in [9.17, 15) is 5.26 Å². The fourth-order valence-corrected chi connectivity index (χ4v) is 9.59. The van der Waals surface area contributed by atoms with Gasteiger partial charge in [0.1, 0.15) is 12.0 Å². The summed E-state index contributed by atoms with van der Waals surface area (Å²) in [4.78, 5) is 10.4. The highest BCUT2D eigenvalue weighted by Gasteiger charge is 2.27. The molecule has 0 fully saturated rings. The first-order chi connectivity index (χ1) is 31.7. The molecule has 1 aliphatic rings. The average molecular weight is 819 g/mol. The lowest BCUT2D eigenvalue weighted by molar-refractivity contribution is 0.671. The minimum atomic E-state index is -0.523. The molecule has 1 aliphatic heterocycles. The van der Waals surface area contributed by atoms with Crippen LogP contribution in [0.2, 0.25) is 0 Å². The standard InChI is InChI=1S/C58H38N6/c59-37-38-17-14-22-42(35-38)57-60-56(40-20-6-2-7-21-40)61-58(62-57)48-34-33-41(39-18-4-1-5-19-39)36-53(48)64-50-30-13-11-26-47(50)55-45(28-16-32-52(55)64)44-27-15-31-51-54(44)46-25-10-12-29-49(46)63(51)43-23-8-3-9-24-43/h1-36,58H,(H,60,61,62). The Bertz CT molecular complexity index is 3700. The largest absolute Gasteiger partial charge is 0.344 e. The van der Waals surface area contributed by atoms with Gasteiger partial charge in [-0.1, -0.05) is 164 Å². The predicted molar refractivity (Wildman–Crippen MR) is 263 cm³/mol. The van der Waals surface area contributed by atoms with Crippen LogP contribution in [-0.2, 0) is 0 Å². The Morgan fingerprint density at radius 2 is 1.00 bits per heavy atom. The molecular formula is C58H38N6. The summed E-state index contributed by atoms with van der Waals surface area (Å²) in [6.45, 7) is 0. The number of aromatic nitrogens is 2. The van der Waals surface area contributed by atoms with Crippen LogP contribution in [0, 0.1) is 11.3 Å². The molecule has 0 spiro atoms. The molecule has 0 aliphatic carbocycles. The zero-order chi connectivity index (χ0) is 42.6. The molecule has 1 N–H and O–H groups in total. The number of para-hydroxylation sites is 3. The van der Waals surface area contributed by atoms with Crippen molar-refractivity contribution in [1.82, 2.24) is 14.5 Å². The summed E-state index contributed by atoms with van der Waals surface area (Å²) in [5, 5.41) is 18.4. The number of nitrogens with zero attached hydrogens (tertiary/aromatic N) is 5. The van der Waals surface area contributed by atoms with Gasteiger partial charge in [-0.3, -0.25) is 0 Å². The first kappa shape index (κ1) is 37.0. The van der Waals surface area contributed by atoms with Crippen molar-refractivity contribution in [3.05, 3.63) is 241 Å². The molecule has 1 unspecified atom stereocenters. The topological polar surface area (TPSA) is 70.4 Å². The van der Waals surface area contributed by atoms with Crippen LogP contribution in [0.1, 0.15) is 28.4 Å². The SMILES string of the molecule is N#Cc1cccc(C2=NC(c3ccc(-c4ccccc4)cc3-n3c4ccccc4c4c(-c5cccc6c5c5ccccc5n6-c5ccccc5)cccc43)NC(c3ccccc3)=N2)c1. The second kappa shape index (κ2) is 15.3. The Morgan fingerprint density at radius 1 is 0.453 bits per heavy atom. The summed E-state index contributed by atoms with van der Waals surface area (Å²) in [5.41, 5.74) is 14.5. The van der Waals surface area contributed by atoms with E-state index >= 15 is 0 Å². The van der Waals surface area contributed by atoms with E-state index in [2.05, 4.69) is 196 Å². The maximum atomic E-state index is 9.85. The number of aliphatic imine (C=N–C) groups is 2. The summed E-state index contributed by atoms with van der Waals surface area (Å²) >= 11 is 0. The lowest BCUT2D eigenvalue weighted by atomic mass is 9.95. The van der Waals surface area contributed by atoms with Crippen molar-refractivity contribution in [3.8, 4) is 39.7 Å². The Labute approximate surface area is 370 Å². The van der Waals surface area contributed by atoms with Crippen molar-refractivity contribution in [2.75, 3.05) is 0 Å². The second-order valence-electron chi connectivity index (χ2n) is 16.1. The van der Waals surface area contributed by atoms with Crippen LogP contribution in [0.4, 0.5) is 0 Å². The number of nitrogens with one attached hydrogen (secondary N) is 1. The zero-order valence-corrected chi connectivity index (χ0v) is 34.6.